The molecule has 0 aromatic heterocycles. The van der Waals surface area contributed by atoms with E-state index in [-0.39, 0.29) is 24.0 Å². The normalized spacial score (nSPS) is 11.0. The highest BCUT2D eigenvalue weighted by Gasteiger charge is 1.99. The Balaban J connectivity index is 0.00000338. The molecule has 0 aliphatic heterocycles. The van der Waals surface area contributed by atoms with Crippen molar-refractivity contribution in [3.05, 3.63) is 54.1 Å². The molecule has 0 saturated heterocycles. The van der Waals surface area contributed by atoms with Crippen LogP contribution in [0.2, 0.25) is 0 Å². The second kappa shape index (κ2) is 11.6. The fourth-order valence-electron chi connectivity index (χ4n) is 2.18. The maximum absolute atomic E-state index is 5.92. The number of halogens is 1. The van der Waals surface area contributed by atoms with E-state index in [2.05, 4.69) is 36.3 Å². The van der Waals surface area contributed by atoms with Gasteiger partial charge in [0, 0.05) is 12.2 Å². The minimum absolute atomic E-state index is 0. The minimum atomic E-state index is 0. The molecule has 142 valence electrons. The number of aliphatic imine (C=N–C) groups is 1. The van der Waals surface area contributed by atoms with Crippen molar-refractivity contribution < 1.29 is 9.47 Å². The first kappa shape index (κ1) is 22.1. The first-order valence-electron chi connectivity index (χ1n) is 8.49. The number of benzene rings is 2. The molecule has 0 radical (unpaired) electrons. The van der Waals surface area contributed by atoms with Crippen LogP contribution >= 0.6 is 24.0 Å². The zero-order chi connectivity index (χ0) is 18.1. The van der Waals surface area contributed by atoms with Crippen LogP contribution in [0.15, 0.2) is 53.5 Å². The van der Waals surface area contributed by atoms with Crippen LogP contribution in [0.5, 0.6) is 11.5 Å². The Morgan fingerprint density at radius 1 is 1.04 bits per heavy atom. The molecular formula is C20H28IN3O2. The molecule has 3 N–H and O–H groups in total. The van der Waals surface area contributed by atoms with Gasteiger partial charge in [-0.2, -0.15) is 0 Å². The molecule has 5 nitrogen and oxygen atoms in total. The van der Waals surface area contributed by atoms with Crippen molar-refractivity contribution in [3.63, 3.8) is 0 Å². The molecule has 26 heavy (non-hydrogen) atoms. The molecule has 0 heterocycles. The molecule has 0 fully saturated rings. The summed E-state index contributed by atoms with van der Waals surface area (Å²) >= 11 is 0. The van der Waals surface area contributed by atoms with E-state index in [1.807, 2.05) is 36.4 Å². The molecule has 0 saturated carbocycles. The van der Waals surface area contributed by atoms with Gasteiger partial charge in [0.05, 0.1) is 13.7 Å². The highest BCUT2D eigenvalue weighted by Crippen LogP contribution is 2.15. The van der Waals surface area contributed by atoms with E-state index in [0.29, 0.717) is 18.4 Å². The molecule has 2 rings (SSSR count). The van der Waals surface area contributed by atoms with Crippen LogP contribution in [-0.2, 0) is 6.42 Å². The van der Waals surface area contributed by atoms with Crippen LogP contribution in [0.4, 0.5) is 5.69 Å². The lowest BCUT2D eigenvalue weighted by atomic mass is 10.1. The summed E-state index contributed by atoms with van der Waals surface area (Å²) in [5.41, 5.74) is 8.01. The number of anilines is 1. The minimum Gasteiger partial charge on any atom is -0.497 e. The van der Waals surface area contributed by atoms with Crippen LogP contribution in [0.25, 0.3) is 0 Å². The summed E-state index contributed by atoms with van der Waals surface area (Å²) in [6.45, 7) is 5.63. The van der Waals surface area contributed by atoms with E-state index in [4.69, 9.17) is 15.2 Å². The van der Waals surface area contributed by atoms with E-state index < -0.39 is 0 Å². The summed E-state index contributed by atoms with van der Waals surface area (Å²) in [5, 5.41) is 3.07. The van der Waals surface area contributed by atoms with Gasteiger partial charge in [-0.25, -0.2) is 0 Å². The molecule has 0 amide bonds. The second-order valence-electron chi connectivity index (χ2n) is 6.22. The molecule has 0 unspecified atom stereocenters. The molecule has 0 atom stereocenters. The Morgan fingerprint density at radius 3 is 2.23 bits per heavy atom. The highest BCUT2D eigenvalue weighted by atomic mass is 127. The predicted molar refractivity (Wildman–Crippen MR) is 119 cm³/mol. The van der Waals surface area contributed by atoms with Gasteiger partial charge in [0.15, 0.2) is 5.96 Å². The van der Waals surface area contributed by atoms with Crippen LogP contribution in [0, 0.1) is 5.92 Å². The standard InChI is InChI=1S/C20H27N3O2.HI/c1-15(2)14-25-19-8-4-16(5-9-19)12-13-22-20(21)23-17-6-10-18(24-3)11-7-17;/h4-11,15H,12-14H2,1-3H3,(H3,21,22,23);1H. The van der Waals surface area contributed by atoms with E-state index in [0.717, 1.165) is 30.2 Å². The Morgan fingerprint density at radius 2 is 1.65 bits per heavy atom. The summed E-state index contributed by atoms with van der Waals surface area (Å²) in [5.74, 6) is 2.64. The molecule has 0 bridgehead atoms. The molecular weight excluding hydrogens is 441 g/mol. The fraction of sp³-hybridized carbons (Fsp3) is 0.350. The first-order chi connectivity index (χ1) is 12.1. The number of ether oxygens (including phenoxy) is 2. The lowest BCUT2D eigenvalue weighted by Crippen LogP contribution is -2.23. The molecule has 0 spiro atoms. The number of rotatable bonds is 8. The number of hydrogen-bond donors (Lipinski definition) is 2. The average molecular weight is 469 g/mol. The summed E-state index contributed by atoms with van der Waals surface area (Å²) in [4.78, 5) is 4.36. The lowest BCUT2D eigenvalue weighted by molar-refractivity contribution is 0.271. The third-order valence-corrected chi connectivity index (χ3v) is 3.55. The number of guanidine groups is 1. The summed E-state index contributed by atoms with van der Waals surface area (Å²) in [6.07, 6.45) is 0.829. The maximum Gasteiger partial charge on any atom is 0.193 e. The number of nitrogens with zero attached hydrogens (tertiary/aromatic N) is 1. The lowest BCUT2D eigenvalue weighted by Gasteiger charge is -2.09. The number of hydrogen-bond acceptors (Lipinski definition) is 3. The monoisotopic (exact) mass is 469 g/mol. The number of nitrogens with one attached hydrogen (secondary N) is 1. The molecule has 6 heteroatoms. The molecule has 2 aromatic carbocycles. The molecule has 0 aliphatic carbocycles. The van der Waals surface area contributed by atoms with Crippen molar-refractivity contribution in [2.24, 2.45) is 16.6 Å². The van der Waals surface area contributed by atoms with Crippen LogP contribution in [-0.4, -0.2) is 26.2 Å². The Labute approximate surface area is 173 Å². The Hall–Kier alpha value is -1.96. The van der Waals surface area contributed by atoms with Gasteiger partial charge in [-0.05, 0) is 54.3 Å². The van der Waals surface area contributed by atoms with Gasteiger partial charge >= 0.3 is 0 Å². The van der Waals surface area contributed by atoms with Crippen molar-refractivity contribution in [3.8, 4) is 11.5 Å². The fourth-order valence-corrected chi connectivity index (χ4v) is 2.18. The second-order valence-corrected chi connectivity index (χ2v) is 6.22. The van der Waals surface area contributed by atoms with Crippen molar-refractivity contribution in [1.29, 1.82) is 0 Å². The summed E-state index contributed by atoms with van der Waals surface area (Å²) in [7, 11) is 1.64. The Kier molecular flexibility index (Phi) is 9.87. The van der Waals surface area contributed by atoms with Gasteiger partial charge in [-0.3, -0.25) is 4.99 Å². The first-order valence-corrected chi connectivity index (χ1v) is 8.49. The largest absolute Gasteiger partial charge is 0.497 e. The van der Waals surface area contributed by atoms with Gasteiger partial charge < -0.3 is 20.5 Å². The highest BCUT2D eigenvalue weighted by molar-refractivity contribution is 14.0. The third-order valence-electron chi connectivity index (χ3n) is 3.55. The van der Waals surface area contributed by atoms with Gasteiger partial charge in [-0.1, -0.05) is 26.0 Å². The van der Waals surface area contributed by atoms with Gasteiger partial charge in [0.25, 0.3) is 0 Å². The van der Waals surface area contributed by atoms with Crippen molar-refractivity contribution in [2.45, 2.75) is 20.3 Å². The summed E-state index contributed by atoms with van der Waals surface area (Å²) < 4.78 is 10.8. The predicted octanol–water partition coefficient (Wildman–Crippen LogP) is 4.32. The van der Waals surface area contributed by atoms with Crippen molar-refractivity contribution in [1.82, 2.24) is 0 Å². The zero-order valence-corrected chi connectivity index (χ0v) is 17.9. The van der Waals surface area contributed by atoms with E-state index in [1.54, 1.807) is 7.11 Å². The van der Waals surface area contributed by atoms with Crippen LogP contribution in [0.3, 0.4) is 0 Å². The zero-order valence-electron chi connectivity index (χ0n) is 15.6. The molecule has 2 aromatic rings. The van der Waals surface area contributed by atoms with Crippen molar-refractivity contribution >= 4 is 35.6 Å². The van der Waals surface area contributed by atoms with Gasteiger partial charge in [0.2, 0.25) is 0 Å². The van der Waals surface area contributed by atoms with Crippen LogP contribution in [0.1, 0.15) is 19.4 Å². The topological polar surface area (TPSA) is 68.9 Å². The van der Waals surface area contributed by atoms with Gasteiger partial charge in [-0.15, -0.1) is 24.0 Å². The Bertz CT molecular complexity index is 670. The smallest absolute Gasteiger partial charge is 0.193 e. The van der Waals surface area contributed by atoms with E-state index in [9.17, 15) is 0 Å². The number of nitrogens with two attached hydrogens (primary N) is 1. The SMILES string of the molecule is COc1ccc(NC(N)=NCCc2ccc(OCC(C)C)cc2)cc1.I. The maximum atomic E-state index is 5.92. The summed E-state index contributed by atoms with van der Waals surface area (Å²) in [6, 6.07) is 15.7. The quantitative estimate of drug-likeness (QED) is 0.344. The molecule has 0 aliphatic rings. The van der Waals surface area contributed by atoms with Crippen LogP contribution < -0.4 is 20.5 Å². The van der Waals surface area contributed by atoms with E-state index in [1.165, 1.54) is 5.56 Å². The number of methoxy groups -OCH3 is 1. The van der Waals surface area contributed by atoms with E-state index >= 15 is 0 Å². The van der Waals surface area contributed by atoms with Gasteiger partial charge in [0.1, 0.15) is 11.5 Å². The average Bonchev–Trinajstić information content (AvgIpc) is 2.61. The van der Waals surface area contributed by atoms with Crippen molar-refractivity contribution in [2.75, 3.05) is 25.6 Å². The third kappa shape index (κ3) is 7.95.